The summed E-state index contributed by atoms with van der Waals surface area (Å²) in [5.41, 5.74) is 2.94. The summed E-state index contributed by atoms with van der Waals surface area (Å²) in [7, 11) is 1.74. The Kier molecular flexibility index (Phi) is 6.46. The molecular formula is C30H36FN5O2. The Labute approximate surface area is 223 Å². The van der Waals surface area contributed by atoms with Gasteiger partial charge in [-0.2, -0.15) is 0 Å². The van der Waals surface area contributed by atoms with E-state index in [0.29, 0.717) is 29.8 Å². The zero-order valence-electron chi connectivity index (χ0n) is 22.4. The van der Waals surface area contributed by atoms with E-state index < -0.39 is 5.82 Å². The van der Waals surface area contributed by atoms with Crippen LogP contribution in [0.25, 0.3) is 16.6 Å². The molecule has 0 spiro atoms. The second kappa shape index (κ2) is 9.80. The third kappa shape index (κ3) is 4.28. The second-order valence-corrected chi connectivity index (χ2v) is 11.5. The van der Waals surface area contributed by atoms with Gasteiger partial charge in [0.25, 0.3) is 5.91 Å². The number of fused-ring (bicyclic) bond motifs is 4. The smallest absolute Gasteiger partial charge is 0.256 e. The summed E-state index contributed by atoms with van der Waals surface area (Å²) < 4.78 is 16.3. The number of amides is 2. The molecule has 3 aliphatic heterocycles. The van der Waals surface area contributed by atoms with E-state index in [1.54, 1.807) is 30.4 Å². The molecule has 4 aliphatic rings. The number of nitrogens with one attached hydrogen (secondary N) is 1. The highest BCUT2D eigenvalue weighted by Gasteiger charge is 2.42. The number of halogens is 1. The minimum absolute atomic E-state index is 0.0203. The maximum absolute atomic E-state index is 14.3. The average molecular weight is 518 g/mol. The third-order valence-corrected chi connectivity index (χ3v) is 9.05. The number of carbonyl (C=O) groups is 2. The van der Waals surface area contributed by atoms with Crippen LogP contribution in [0.3, 0.4) is 0 Å². The van der Waals surface area contributed by atoms with Gasteiger partial charge in [-0.1, -0.05) is 0 Å². The highest BCUT2D eigenvalue weighted by Crippen LogP contribution is 2.38. The van der Waals surface area contributed by atoms with E-state index in [1.807, 2.05) is 29.4 Å². The van der Waals surface area contributed by atoms with E-state index in [-0.39, 0.29) is 29.8 Å². The molecule has 2 atom stereocenters. The molecule has 3 saturated heterocycles. The van der Waals surface area contributed by atoms with Crippen molar-refractivity contribution in [2.45, 2.75) is 70.0 Å². The first-order chi connectivity index (χ1) is 18.3. The van der Waals surface area contributed by atoms with Gasteiger partial charge in [-0.15, -0.1) is 0 Å². The van der Waals surface area contributed by atoms with E-state index in [2.05, 4.69) is 16.5 Å². The number of benzene rings is 1. The Balaban J connectivity index is 1.33. The lowest BCUT2D eigenvalue weighted by atomic mass is 9.76. The van der Waals surface area contributed by atoms with Crippen LogP contribution in [0.2, 0.25) is 0 Å². The number of pyridine rings is 1. The maximum atomic E-state index is 14.3. The topological polar surface area (TPSA) is 70.5 Å². The quantitative estimate of drug-likeness (QED) is 0.541. The molecule has 1 aromatic carbocycles. The lowest BCUT2D eigenvalue weighted by Gasteiger charge is -2.43. The number of hydrogen-bond donors (Lipinski definition) is 1. The molecule has 2 unspecified atom stereocenters. The van der Waals surface area contributed by atoms with Crippen molar-refractivity contribution in [2.24, 2.45) is 5.92 Å². The van der Waals surface area contributed by atoms with Gasteiger partial charge in [0.15, 0.2) is 0 Å². The summed E-state index contributed by atoms with van der Waals surface area (Å²) in [5, 5.41) is 4.66. The highest BCUT2D eigenvalue weighted by atomic mass is 19.1. The summed E-state index contributed by atoms with van der Waals surface area (Å²) >= 11 is 0. The molecule has 4 fully saturated rings. The van der Waals surface area contributed by atoms with Gasteiger partial charge >= 0.3 is 0 Å². The van der Waals surface area contributed by atoms with Gasteiger partial charge in [-0.05, 0) is 81.7 Å². The van der Waals surface area contributed by atoms with Crippen LogP contribution in [0.5, 0.6) is 0 Å². The van der Waals surface area contributed by atoms with E-state index in [9.17, 15) is 14.0 Å². The first-order valence-corrected chi connectivity index (χ1v) is 13.9. The summed E-state index contributed by atoms with van der Waals surface area (Å²) in [5.74, 6) is 0.213. The van der Waals surface area contributed by atoms with Crippen molar-refractivity contribution in [3.8, 4) is 5.69 Å². The zero-order chi connectivity index (χ0) is 26.6. The summed E-state index contributed by atoms with van der Waals surface area (Å²) in [4.78, 5) is 34.9. The van der Waals surface area contributed by atoms with Crippen LogP contribution in [-0.2, 0) is 4.79 Å². The molecule has 7 nitrogen and oxygen atoms in total. The normalized spacial score (nSPS) is 24.9. The predicted molar refractivity (Wildman–Crippen MR) is 145 cm³/mol. The summed E-state index contributed by atoms with van der Waals surface area (Å²) in [6.07, 6.45) is 11.2. The van der Waals surface area contributed by atoms with Gasteiger partial charge in [0.05, 0.1) is 29.0 Å². The fourth-order valence-corrected chi connectivity index (χ4v) is 6.63. The van der Waals surface area contributed by atoms with Crippen molar-refractivity contribution < 1.29 is 14.0 Å². The number of nitrogens with zero attached hydrogens (tertiary/aromatic N) is 4. The first-order valence-electron chi connectivity index (χ1n) is 13.9. The standard InChI is InChI=1S/C30H36FN5O2/c1-18(2)34(3)29(37)24-14-21(31)6-9-26(24)36-17-25(23-10-12-32-15-27(23)36)20-11-13-35(16-20)30(38)28-19-4-7-22(33-28)8-5-19/h6,9-10,12,14-15,17-20,22,28,33H,4-5,7-8,11,13,16H2,1-3H3. The van der Waals surface area contributed by atoms with Crippen LogP contribution in [0.1, 0.15) is 67.8 Å². The van der Waals surface area contributed by atoms with E-state index in [1.165, 1.54) is 25.0 Å². The Bertz CT molecular complexity index is 1380. The Morgan fingerprint density at radius 1 is 1.13 bits per heavy atom. The molecule has 2 aromatic heterocycles. The molecule has 7 rings (SSSR count). The molecule has 8 heteroatoms. The monoisotopic (exact) mass is 517 g/mol. The maximum Gasteiger partial charge on any atom is 0.256 e. The molecule has 2 amide bonds. The van der Waals surface area contributed by atoms with Crippen LogP contribution >= 0.6 is 0 Å². The van der Waals surface area contributed by atoms with E-state index >= 15 is 0 Å². The van der Waals surface area contributed by atoms with Crippen molar-refractivity contribution in [3.63, 3.8) is 0 Å². The van der Waals surface area contributed by atoms with Gasteiger partial charge in [-0.3, -0.25) is 14.6 Å². The largest absolute Gasteiger partial charge is 0.341 e. The lowest BCUT2D eigenvalue weighted by molar-refractivity contribution is -0.136. The molecule has 1 N–H and O–H groups in total. The van der Waals surface area contributed by atoms with Crippen molar-refractivity contribution in [1.29, 1.82) is 0 Å². The van der Waals surface area contributed by atoms with Crippen molar-refractivity contribution in [1.82, 2.24) is 24.7 Å². The summed E-state index contributed by atoms with van der Waals surface area (Å²) in [6.45, 7) is 5.30. The van der Waals surface area contributed by atoms with Crippen LogP contribution in [0, 0.1) is 11.7 Å². The minimum Gasteiger partial charge on any atom is -0.341 e. The molecule has 0 radical (unpaired) electrons. The van der Waals surface area contributed by atoms with Gasteiger partial charge in [-0.25, -0.2) is 4.39 Å². The Hall–Kier alpha value is -3.26. The molecule has 38 heavy (non-hydrogen) atoms. The SMILES string of the molecule is CC(C)N(C)C(=O)c1cc(F)ccc1-n1cc(C2CCN(C(=O)C3NC4CCC3CC4)C2)c2ccncc21. The van der Waals surface area contributed by atoms with Crippen LogP contribution < -0.4 is 5.32 Å². The van der Waals surface area contributed by atoms with Crippen LogP contribution in [-0.4, -0.2) is 69.4 Å². The number of rotatable bonds is 5. The fourth-order valence-electron chi connectivity index (χ4n) is 6.63. The molecular weight excluding hydrogens is 481 g/mol. The first kappa shape index (κ1) is 25.0. The zero-order valence-corrected chi connectivity index (χ0v) is 22.4. The summed E-state index contributed by atoms with van der Waals surface area (Å²) in [6, 6.07) is 6.80. The highest BCUT2D eigenvalue weighted by molar-refractivity contribution is 5.99. The molecule has 1 aliphatic carbocycles. The Morgan fingerprint density at radius 2 is 1.92 bits per heavy atom. The predicted octanol–water partition coefficient (Wildman–Crippen LogP) is 4.49. The number of aromatic nitrogens is 2. The number of carbonyl (C=O) groups excluding carboxylic acids is 2. The molecule has 2 bridgehead atoms. The van der Waals surface area contributed by atoms with Crippen molar-refractivity contribution >= 4 is 22.7 Å². The minimum atomic E-state index is -0.445. The van der Waals surface area contributed by atoms with Gasteiger partial charge in [0.2, 0.25) is 5.91 Å². The van der Waals surface area contributed by atoms with Crippen LogP contribution in [0.4, 0.5) is 4.39 Å². The molecule has 1 saturated carbocycles. The van der Waals surface area contributed by atoms with E-state index in [4.69, 9.17) is 0 Å². The molecule has 5 heterocycles. The number of likely N-dealkylation sites (tertiary alicyclic amines) is 1. The number of piperidine rings is 2. The van der Waals surface area contributed by atoms with Gasteiger partial charge < -0.3 is 19.7 Å². The van der Waals surface area contributed by atoms with Gasteiger partial charge in [0, 0.05) is 55.9 Å². The van der Waals surface area contributed by atoms with Gasteiger partial charge in [0.1, 0.15) is 5.82 Å². The second-order valence-electron chi connectivity index (χ2n) is 11.5. The average Bonchev–Trinajstić information content (AvgIpc) is 3.58. The van der Waals surface area contributed by atoms with Crippen molar-refractivity contribution in [3.05, 3.63) is 59.8 Å². The number of hydrogen-bond acceptors (Lipinski definition) is 4. The molecule has 3 aromatic rings. The van der Waals surface area contributed by atoms with Crippen molar-refractivity contribution in [2.75, 3.05) is 20.1 Å². The third-order valence-electron chi connectivity index (χ3n) is 9.05. The lowest BCUT2D eigenvalue weighted by Crippen LogP contribution is -2.59. The molecule has 200 valence electrons. The van der Waals surface area contributed by atoms with E-state index in [0.717, 1.165) is 42.3 Å². The fraction of sp³-hybridized carbons (Fsp3) is 0.500. The van der Waals surface area contributed by atoms with Crippen LogP contribution in [0.15, 0.2) is 42.9 Å². The Morgan fingerprint density at radius 3 is 2.63 bits per heavy atom.